The van der Waals surface area contributed by atoms with Crippen LogP contribution in [0.4, 0.5) is 20.3 Å². The fourth-order valence-corrected chi connectivity index (χ4v) is 4.81. The average molecular weight is 495 g/mol. The number of anilines is 2. The van der Waals surface area contributed by atoms with E-state index in [0.717, 1.165) is 16.5 Å². The molecule has 1 unspecified atom stereocenters. The lowest BCUT2D eigenvalue weighted by Crippen LogP contribution is -2.45. The van der Waals surface area contributed by atoms with Gasteiger partial charge in [-0.2, -0.15) is 0 Å². The van der Waals surface area contributed by atoms with Gasteiger partial charge in [0.05, 0.1) is 23.3 Å². The van der Waals surface area contributed by atoms with E-state index in [1.54, 1.807) is 25.5 Å². The number of carbonyl (C=O) groups excluding carboxylic acids is 1. The van der Waals surface area contributed by atoms with Gasteiger partial charge in [-0.1, -0.05) is 0 Å². The standard InChI is InChI=1S/C25H24F2N6O3/c1-29-22-15-10-30-20(25(4-5-25)24(28)34)9-14(15)16(11-31-22)23-32-17-8-13(2-3-18(17)36-23)33-6-7-35-19(12-33)21(26)27/h2-3,8-11,19,21H,4-7,12H2,1H3,(H2,28,34)(H,29,31). The number of benzene rings is 1. The molecular weight excluding hydrogens is 470 g/mol. The average Bonchev–Trinajstić information content (AvgIpc) is 3.61. The van der Waals surface area contributed by atoms with Crippen LogP contribution in [0, 0.1) is 0 Å². The number of hydrogen-bond acceptors (Lipinski definition) is 8. The summed E-state index contributed by atoms with van der Waals surface area (Å²) < 4.78 is 37.6. The predicted octanol–water partition coefficient (Wildman–Crippen LogP) is 3.47. The molecule has 4 aromatic rings. The molecule has 1 aromatic carbocycles. The molecule has 1 saturated heterocycles. The number of morpholine rings is 1. The zero-order valence-corrected chi connectivity index (χ0v) is 19.5. The molecule has 36 heavy (non-hydrogen) atoms. The largest absolute Gasteiger partial charge is 0.436 e. The smallest absolute Gasteiger partial charge is 0.266 e. The van der Waals surface area contributed by atoms with Crippen molar-refractivity contribution in [3.63, 3.8) is 0 Å². The number of nitrogens with zero attached hydrogens (tertiary/aromatic N) is 4. The van der Waals surface area contributed by atoms with Crippen LogP contribution < -0.4 is 16.0 Å². The lowest BCUT2D eigenvalue weighted by atomic mass is 9.98. The third-order valence-electron chi connectivity index (χ3n) is 7.06. The summed E-state index contributed by atoms with van der Waals surface area (Å²) in [6.07, 6.45) is 1.03. The van der Waals surface area contributed by atoms with Gasteiger partial charge in [0, 0.05) is 49.0 Å². The number of alkyl halides is 2. The van der Waals surface area contributed by atoms with E-state index in [-0.39, 0.29) is 19.1 Å². The van der Waals surface area contributed by atoms with Crippen molar-refractivity contribution >= 4 is 39.3 Å². The van der Waals surface area contributed by atoms with Crippen LogP contribution in [0.2, 0.25) is 0 Å². The second kappa shape index (κ2) is 8.37. The Balaban J connectivity index is 1.42. The summed E-state index contributed by atoms with van der Waals surface area (Å²) in [5, 5.41) is 4.61. The van der Waals surface area contributed by atoms with E-state index in [1.165, 1.54) is 0 Å². The number of aromatic nitrogens is 3. The predicted molar refractivity (Wildman–Crippen MR) is 130 cm³/mol. The number of primary amides is 1. The molecule has 9 nitrogen and oxygen atoms in total. The highest BCUT2D eigenvalue weighted by Crippen LogP contribution is 2.48. The lowest BCUT2D eigenvalue weighted by Gasteiger charge is -2.34. The van der Waals surface area contributed by atoms with Crippen LogP contribution in [-0.4, -0.2) is 60.1 Å². The molecule has 3 aromatic heterocycles. The maximum Gasteiger partial charge on any atom is 0.266 e. The number of hydrogen-bond donors (Lipinski definition) is 2. The number of oxazole rings is 1. The first kappa shape index (κ1) is 22.6. The van der Waals surface area contributed by atoms with Gasteiger partial charge in [-0.3, -0.25) is 9.78 Å². The van der Waals surface area contributed by atoms with Crippen molar-refractivity contribution in [2.45, 2.75) is 30.8 Å². The molecule has 3 N–H and O–H groups in total. The van der Waals surface area contributed by atoms with Crippen molar-refractivity contribution in [2.75, 3.05) is 37.0 Å². The van der Waals surface area contributed by atoms with Crippen LogP contribution in [-0.2, 0) is 14.9 Å². The first-order valence-corrected chi connectivity index (χ1v) is 11.7. The maximum absolute atomic E-state index is 13.2. The van der Waals surface area contributed by atoms with Crippen LogP contribution in [0.25, 0.3) is 33.3 Å². The molecule has 0 bridgehead atoms. The zero-order valence-electron chi connectivity index (χ0n) is 19.5. The van der Waals surface area contributed by atoms with E-state index in [9.17, 15) is 13.6 Å². The van der Waals surface area contributed by atoms with Gasteiger partial charge >= 0.3 is 0 Å². The summed E-state index contributed by atoms with van der Waals surface area (Å²) in [6, 6.07) is 7.30. The van der Waals surface area contributed by atoms with Crippen LogP contribution >= 0.6 is 0 Å². The summed E-state index contributed by atoms with van der Waals surface area (Å²) >= 11 is 0. The Hall–Kier alpha value is -3.86. The first-order chi connectivity index (χ1) is 17.4. The number of nitrogens with one attached hydrogen (secondary N) is 1. The van der Waals surface area contributed by atoms with Crippen molar-refractivity contribution in [3.8, 4) is 11.5 Å². The van der Waals surface area contributed by atoms with E-state index in [0.29, 0.717) is 53.5 Å². The molecular formula is C25H24F2N6O3. The van der Waals surface area contributed by atoms with Crippen LogP contribution in [0.1, 0.15) is 18.5 Å². The zero-order chi connectivity index (χ0) is 25.0. The topological polar surface area (TPSA) is 119 Å². The summed E-state index contributed by atoms with van der Waals surface area (Å²) in [5.74, 6) is 0.609. The quantitative estimate of drug-likeness (QED) is 0.418. The summed E-state index contributed by atoms with van der Waals surface area (Å²) in [4.78, 5) is 27.7. The van der Waals surface area contributed by atoms with Crippen molar-refractivity contribution in [1.29, 1.82) is 0 Å². The summed E-state index contributed by atoms with van der Waals surface area (Å²) in [7, 11) is 1.77. The second-order valence-corrected chi connectivity index (χ2v) is 9.19. The van der Waals surface area contributed by atoms with Crippen molar-refractivity contribution in [2.24, 2.45) is 5.73 Å². The van der Waals surface area contributed by atoms with Gasteiger partial charge in [-0.15, -0.1) is 0 Å². The Kier molecular flexibility index (Phi) is 5.25. The number of nitrogens with two attached hydrogens (primary N) is 1. The number of rotatable bonds is 6. The minimum absolute atomic E-state index is 0.102. The molecule has 1 saturated carbocycles. The Morgan fingerprint density at radius 1 is 1.22 bits per heavy atom. The SMILES string of the molecule is CNc1ncc(-c2nc3cc(N4CCOC(C(F)F)C4)ccc3o2)c2cc(C3(C(N)=O)CC3)ncc12. The number of ether oxygens (including phenoxy) is 1. The Labute approximate surface area is 204 Å². The van der Waals surface area contributed by atoms with Gasteiger partial charge in [0.1, 0.15) is 17.4 Å². The second-order valence-electron chi connectivity index (χ2n) is 9.19. The van der Waals surface area contributed by atoms with Gasteiger partial charge < -0.3 is 25.1 Å². The molecule has 2 aliphatic rings. The number of fused-ring (bicyclic) bond motifs is 2. The van der Waals surface area contributed by atoms with E-state index in [2.05, 4.69) is 15.3 Å². The molecule has 0 radical (unpaired) electrons. The molecule has 4 heterocycles. The van der Waals surface area contributed by atoms with Crippen LogP contribution in [0.3, 0.4) is 0 Å². The lowest BCUT2D eigenvalue weighted by molar-refractivity contribution is -0.120. The third-order valence-corrected chi connectivity index (χ3v) is 7.06. The molecule has 2 fully saturated rings. The number of amides is 1. The Morgan fingerprint density at radius 3 is 2.78 bits per heavy atom. The summed E-state index contributed by atoms with van der Waals surface area (Å²) in [5.41, 5.74) is 8.14. The highest BCUT2D eigenvalue weighted by molar-refractivity contribution is 6.02. The monoisotopic (exact) mass is 494 g/mol. The van der Waals surface area contributed by atoms with Gasteiger partial charge in [-0.05, 0) is 37.1 Å². The summed E-state index contributed by atoms with van der Waals surface area (Å²) in [6.45, 7) is 0.845. The fourth-order valence-electron chi connectivity index (χ4n) is 4.81. The molecule has 1 amide bonds. The Bertz CT molecular complexity index is 1490. The van der Waals surface area contributed by atoms with Crippen molar-refractivity contribution in [3.05, 3.63) is 42.4 Å². The molecule has 186 valence electrons. The molecule has 6 rings (SSSR count). The Morgan fingerprint density at radius 2 is 2.06 bits per heavy atom. The number of halogens is 2. The molecule has 0 spiro atoms. The van der Waals surface area contributed by atoms with Crippen LogP contribution in [0.15, 0.2) is 41.1 Å². The van der Waals surface area contributed by atoms with E-state index in [1.807, 2.05) is 23.1 Å². The first-order valence-electron chi connectivity index (χ1n) is 11.7. The number of pyridine rings is 2. The van der Waals surface area contributed by atoms with E-state index in [4.69, 9.17) is 19.9 Å². The number of carbonyl (C=O) groups is 1. The molecule has 11 heteroatoms. The fraction of sp³-hybridized carbons (Fsp3) is 0.360. The van der Waals surface area contributed by atoms with Crippen LogP contribution in [0.5, 0.6) is 0 Å². The highest BCUT2D eigenvalue weighted by atomic mass is 19.3. The van der Waals surface area contributed by atoms with Gasteiger partial charge in [0.25, 0.3) is 6.43 Å². The molecule has 1 atom stereocenters. The third kappa shape index (κ3) is 3.62. The van der Waals surface area contributed by atoms with Gasteiger partial charge in [-0.25, -0.2) is 18.7 Å². The van der Waals surface area contributed by atoms with E-state index < -0.39 is 17.9 Å². The van der Waals surface area contributed by atoms with Crippen molar-refractivity contribution in [1.82, 2.24) is 15.0 Å². The normalized spacial score (nSPS) is 19.2. The molecule has 1 aliphatic carbocycles. The minimum Gasteiger partial charge on any atom is -0.436 e. The minimum atomic E-state index is -2.54. The van der Waals surface area contributed by atoms with Gasteiger partial charge in [0.15, 0.2) is 5.58 Å². The van der Waals surface area contributed by atoms with Gasteiger partial charge in [0.2, 0.25) is 11.8 Å². The highest BCUT2D eigenvalue weighted by Gasteiger charge is 2.51. The van der Waals surface area contributed by atoms with Crippen molar-refractivity contribution < 1.29 is 22.7 Å². The van der Waals surface area contributed by atoms with E-state index >= 15 is 0 Å². The molecule has 1 aliphatic heterocycles. The maximum atomic E-state index is 13.2.